The molecule has 0 saturated heterocycles. The summed E-state index contributed by atoms with van der Waals surface area (Å²) in [4.78, 5) is 0. The fourth-order valence-electron chi connectivity index (χ4n) is 1.25. The summed E-state index contributed by atoms with van der Waals surface area (Å²) in [6.45, 7) is 2.95. The summed E-state index contributed by atoms with van der Waals surface area (Å²) in [5.74, 6) is 0. The highest BCUT2D eigenvalue weighted by molar-refractivity contribution is 6.35. The number of hydrogen-bond donors (Lipinski definition) is 1. The van der Waals surface area contributed by atoms with Gasteiger partial charge in [0.25, 0.3) is 0 Å². The van der Waals surface area contributed by atoms with Crippen LogP contribution in [0.1, 0.15) is 18.6 Å². The highest BCUT2D eigenvalue weighted by Gasteiger charge is 2.12. The molecule has 4 heteroatoms. The van der Waals surface area contributed by atoms with Gasteiger partial charge in [-0.15, -0.1) is 0 Å². The first-order chi connectivity index (χ1) is 6.69. The third-order valence-corrected chi connectivity index (χ3v) is 2.45. The van der Waals surface area contributed by atoms with Crippen LogP contribution in [0.4, 0.5) is 0 Å². The molecule has 0 bridgehead atoms. The Morgan fingerprint density at radius 3 is 2.64 bits per heavy atom. The Hall–Kier alpha value is -0.280. The Kier molecular flexibility index (Phi) is 4.69. The minimum Gasteiger partial charge on any atom is -0.372 e. The number of halogens is 2. The van der Waals surface area contributed by atoms with Crippen molar-refractivity contribution < 1.29 is 4.74 Å². The molecule has 0 radical (unpaired) electrons. The maximum absolute atomic E-state index is 6.02. The SMILES string of the molecule is CCO[C@H](CN)c1ccc(Cl)cc1Cl. The predicted molar refractivity (Wildman–Crippen MR) is 59.9 cm³/mol. The number of ether oxygens (including phenoxy) is 1. The quantitative estimate of drug-likeness (QED) is 0.868. The summed E-state index contributed by atoms with van der Waals surface area (Å²) >= 11 is 11.8. The lowest BCUT2D eigenvalue weighted by Crippen LogP contribution is -2.16. The van der Waals surface area contributed by atoms with Crippen LogP contribution in [-0.4, -0.2) is 13.2 Å². The van der Waals surface area contributed by atoms with Gasteiger partial charge in [0, 0.05) is 28.8 Å². The van der Waals surface area contributed by atoms with Gasteiger partial charge in [0.1, 0.15) is 0 Å². The van der Waals surface area contributed by atoms with Crippen molar-refractivity contribution in [3.63, 3.8) is 0 Å². The monoisotopic (exact) mass is 233 g/mol. The van der Waals surface area contributed by atoms with Crippen molar-refractivity contribution in [2.75, 3.05) is 13.2 Å². The average Bonchev–Trinajstić information content (AvgIpc) is 2.15. The largest absolute Gasteiger partial charge is 0.372 e. The molecule has 14 heavy (non-hydrogen) atoms. The molecule has 0 fully saturated rings. The molecule has 78 valence electrons. The molecule has 0 unspecified atom stereocenters. The summed E-state index contributed by atoms with van der Waals surface area (Å²) < 4.78 is 5.45. The minimum absolute atomic E-state index is 0.148. The van der Waals surface area contributed by atoms with E-state index in [-0.39, 0.29) is 6.10 Å². The standard InChI is InChI=1S/C10H13Cl2NO/c1-2-14-10(6-13)8-4-3-7(11)5-9(8)12/h3-5,10H,2,6,13H2,1H3/t10-/m1/s1. The van der Waals surface area contributed by atoms with Crippen LogP contribution in [0.15, 0.2) is 18.2 Å². The fourth-order valence-corrected chi connectivity index (χ4v) is 1.78. The normalized spacial score (nSPS) is 12.9. The van der Waals surface area contributed by atoms with Crippen molar-refractivity contribution in [2.24, 2.45) is 5.73 Å². The zero-order valence-corrected chi connectivity index (χ0v) is 9.48. The molecule has 1 atom stereocenters. The Balaban J connectivity index is 2.92. The van der Waals surface area contributed by atoms with Crippen molar-refractivity contribution in [1.82, 2.24) is 0 Å². The maximum atomic E-state index is 6.02. The van der Waals surface area contributed by atoms with E-state index < -0.39 is 0 Å². The third kappa shape index (κ3) is 2.85. The number of nitrogens with two attached hydrogens (primary N) is 1. The Morgan fingerprint density at radius 1 is 1.43 bits per heavy atom. The molecule has 0 aliphatic carbocycles. The molecule has 0 amide bonds. The molecular weight excluding hydrogens is 221 g/mol. The van der Waals surface area contributed by atoms with E-state index in [4.69, 9.17) is 33.7 Å². The fraction of sp³-hybridized carbons (Fsp3) is 0.400. The molecule has 1 aromatic rings. The first-order valence-corrected chi connectivity index (χ1v) is 5.21. The summed E-state index contributed by atoms with van der Waals surface area (Å²) in [5.41, 5.74) is 6.47. The van der Waals surface area contributed by atoms with Crippen molar-refractivity contribution >= 4 is 23.2 Å². The average molecular weight is 234 g/mol. The molecule has 1 rings (SSSR count). The van der Waals surface area contributed by atoms with E-state index in [0.717, 1.165) is 5.56 Å². The smallest absolute Gasteiger partial charge is 0.0961 e. The molecule has 2 nitrogen and oxygen atoms in total. The van der Waals surface area contributed by atoms with Gasteiger partial charge in [-0.1, -0.05) is 29.3 Å². The molecule has 0 aliphatic rings. The second-order valence-corrected chi connectivity index (χ2v) is 3.69. The van der Waals surface area contributed by atoms with Gasteiger partial charge >= 0.3 is 0 Å². The van der Waals surface area contributed by atoms with E-state index >= 15 is 0 Å². The van der Waals surface area contributed by atoms with Crippen LogP contribution < -0.4 is 5.73 Å². The lowest BCUT2D eigenvalue weighted by Gasteiger charge is -2.16. The predicted octanol–water partition coefficient (Wildman–Crippen LogP) is 3.03. The molecule has 2 N–H and O–H groups in total. The Bertz CT molecular complexity index is 304. The highest BCUT2D eigenvalue weighted by atomic mass is 35.5. The van der Waals surface area contributed by atoms with Crippen molar-refractivity contribution in [2.45, 2.75) is 13.0 Å². The number of hydrogen-bond acceptors (Lipinski definition) is 2. The van der Waals surface area contributed by atoms with Gasteiger partial charge < -0.3 is 10.5 Å². The topological polar surface area (TPSA) is 35.2 Å². The van der Waals surface area contributed by atoms with Crippen LogP contribution in [0.25, 0.3) is 0 Å². The molecular formula is C10H13Cl2NO. The van der Waals surface area contributed by atoms with Crippen LogP contribution >= 0.6 is 23.2 Å². The van der Waals surface area contributed by atoms with E-state index in [2.05, 4.69) is 0 Å². The first kappa shape index (κ1) is 11.8. The van der Waals surface area contributed by atoms with Gasteiger partial charge in [-0.2, -0.15) is 0 Å². The van der Waals surface area contributed by atoms with Gasteiger partial charge in [0.05, 0.1) is 6.10 Å². The van der Waals surface area contributed by atoms with Crippen molar-refractivity contribution in [3.05, 3.63) is 33.8 Å². The first-order valence-electron chi connectivity index (χ1n) is 4.45. The van der Waals surface area contributed by atoms with Crippen molar-refractivity contribution in [3.8, 4) is 0 Å². The Morgan fingerprint density at radius 2 is 2.14 bits per heavy atom. The highest BCUT2D eigenvalue weighted by Crippen LogP contribution is 2.27. The summed E-state index contributed by atoms with van der Waals surface area (Å²) in [7, 11) is 0. The van der Waals surface area contributed by atoms with Gasteiger partial charge in [0.2, 0.25) is 0 Å². The second kappa shape index (κ2) is 5.56. The lowest BCUT2D eigenvalue weighted by molar-refractivity contribution is 0.0689. The lowest BCUT2D eigenvalue weighted by atomic mass is 10.1. The van der Waals surface area contributed by atoms with Gasteiger partial charge in [-0.3, -0.25) is 0 Å². The maximum Gasteiger partial charge on any atom is 0.0961 e. The molecule has 0 saturated carbocycles. The zero-order chi connectivity index (χ0) is 10.6. The van der Waals surface area contributed by atoms with Gasteiger partial charge in [-0.25, -0.2) is 0 Å². The summed E-state index contributed by atoms with van der Waals surface area (Å²) in [5, 5.41) is 1.22. The molecule has 0 spiro atoms. The Labute approximate surface area is 94.0 Å². The van der Waals surface area contributed by atoms with Gasteiger partial charge in [-0.05, 0) is 19.1 Å². The van der Waals surface area contributed by atoms with Crippen LogP contribution in [0.5, 0.6) is 0 Å². The van der Waals surface area contributed by atoms with E-state index in [9.17, 15) is 0 Å². The summed E-state index contributed by atoms with van der Waals surface area (Å²) in [6.07, 6.45) is -0.148. The van der Waals surface area contributed by atoms with E-state index in [1.165, 1.54) is 0 Å². The second-order valence-electron chi connectivity index (χ2n) is 2.85. The molecule has 0 aliphatic heterocycles. The molecule has 1 aromatic carbocycles. The minimum atomic E-state index is -0.148. The van der Waals surface area contributed by atoms with Crippen LogP contribution in [0.2, 0.25) is 10.0 Å². The molecule has 0 aromatic heterocycles. The number of benzene rings is 1. The van der Waals surface area contributed by atoms with E-state index in [1.54, 1.807) is 12.1 Å². The zero-order valence-electron chi connectivity index (χ0n) is 7.97. The van der Waals surface area contributed by atoms with Gasteiger partial charge in [0.15, 0.2) is 0 Å². The van der Waals surface area contributed by atoms with Crippen LogP contribution in [-0.2, 0) is 4.74 Å². The summed E-state index contributed by atoms with van der Waals surface area (Å²) in [6, 6.07) is 5.32. The number of rotatable bonds is 4. The van der Waals surface area contributed by atoms with Crippen LogP contribution in [0.3, 0.4) is 0 Å². The van der Waals surface area contributed by atoms with E-state index in [1.807, 2.05) is 13.0 Å². The molecule has 0 heterocycles. The van der Waals surface area contributed by atoms with E-state index in [0.29, 0.717) is 23.2 Å². The van der Waals surface area contributed by atoms with Crippen molar-refractivity contribution in [1.29, 1.82) is 0 Å². The van der Waals surface area contributed by atoms with Crippen LogP contribution in [0, 0.1) is 0 Å². The third-order valence-electron chi connectivity index (χ3n) is 1.89.